The fraction of sp³-hybridized carbons (Fsp3) is 0.450. The van der Waals surface area contributed by atoms with Crippen molar-refractivity contribution in [3.63, 3.8) is 0 Å². The Balaban J connectivity index is 1.45. The van der Waals surface area contributed by atoms with Crippen LogP contribution in [0.4, 0.5) is 8.78 Å². The molecule has 3 heterocycles. The lowest BCUT2D eigenvalue weighted by molar-refractivity contribution is 0.0462. The van der Waals surface area contributed by atoms with Crippen LogP contribution in [0.15, 0.2) is 30.5 Å². The first-order chi connectivity index (χ1) is 12.5. The van der Waals surface area contributed by atoms with Crippen molar-refractivity contribution in [1.29, 1.82) is 0 Å². The van der Waals surface area contributed by atoms with E-state index >= 15 is 0 Å². The van der Waals surface area contributed by atoms with Crippen LogP contribution in [0, 0.1) is 11.6 Å². The molecule has 1 unspecified atom stereocenters. The fourth-order valence-corrected chi connectivity index (χ4v) is 4.40. The fourth-order valence-electron chi connectivity index (χ4n) is 4.40. The van der Waals surface area contributed by atoms with Crippen molar-refractivity contribution >= 4 is 5.91 Å². The SMILES string of the molecule is CN1[C@@H]2CCC[C@H]1CC(NC(=O)c1cc(-c3ccc(F)cc3F)c[nH]1)C2. The van der Waals surface area contributed by atoms with Gasteiger partial charge in [-0.15, -0.1) is 0 Å². The molecule has 3 atom stereocenters. The number of aromatic amines is 1. The van der Waals surface area contributed by atoms with Gasteiger partial charge in [-0.25, -0.2) is 8.78 Å². The molecule has 138 valence electrons. The monoisotopic (exact) mass is 359 g/mol. The van der Waals surface area contributed by atoms with Gasteiger partial charge >= 0.3 is 0 Å². The maximum atomic E-state index is 13.9. The first kappa shape index (κ1) is 17.2. The largest absolute Gasteiger partial charge is 0.357 e. The summed E-state index contributed by atoms with van der Waals surface area (Å²) in [6.07, 6.45) is 7.17. The van der Waals surface area contributed by atoms with Crippen molar-refractivity contribution in [2.45, 2.75) is 50.2 Å². The standard InChI is InChI=1S/C20H23F2N3O/c1-25-15-3-2-4-16(25)10-14(9-15)24-20(26)19-7-12(11-23-19)17-6-5-13(21)8-18(17)22/h5-8,11,14-16,23H,2-4,9-10H2,1H3,(H,24,26)/t14?,15-,16+. The number of carbonyl (C=O) groups is 1. The summed E-state index contributed by atoms with van der Waals surface area (Å²) in [5.41, 5.74) is 1.20. The molecule has 2 aliphatic rings. The highest BCUT2D eigenvalue weighted by atomic mass is 19.1. The number of hydrogen-bond acceptors (Lipinski definition) is 2. The number of nitrogens with zero attached hydrogens (tertiary/aromatic N) is 1. The highest BCUT2D eigenvalue weighted by Gasteiger charge is 2.36. The molecule has 0 spiro atoms. The highest BCUT2D eigenvalue weighted by Crippen LogP contribution is 2.32. The molecule has 4 rings (SSSR count). The Kier molecular flexibility index (Phi) is 4.53. The van der Waals surface area contributed by atoms with E-state index < -0.39 is 11.6 Å². The number of H-pyrrole nitrogens is 1. The second kappa shape index (κ2) is 6.83. The Morgan fingerprint density at radius 1 is 1.19 bits per heavy atom. The van der Waals surface area contributed by atoms with E-state index in [2.05, 4.69) is 22.2 Å². The Morgan fingerprint density at radius 3 is 2.62 bits per heavy atom. The second-order valence-corrected chi connectivity index (χ2v) is 7.47. The molecular weight excluding hydrogens is 336 g/mol. The molecule has 2 bridgehead atoms. The van der Waals surface area contributed by atoms with E-state index in [-0.39, 0.29) is 17.5 Å². The maximum Gasteiger partial charge on any atom is 0.267 e. The molecule has 0 radical (unpaired) electrons. The molecule has 2 aliphatic heterocycles. The molecule has 6 heteroatoms. The third-order valence-electron chi connectivity index (χ3n) is 5.84. The summed E-state index contributed by atoms with van der Waals surface area (Å²) in [5, 5.41) is 3.12. The highest BCUT2D eigenvalue weighted by molar-refractivity contribution is 5.94. The number of fused-ring (bicyclic) bond motifs is 2. The van der Waals surface area contributed by atoms with Gasteiger partial charge < -0.3 is 15.2 Å². The van der Waals surface area contributed by atoms with Crippen molar-refractivity contribution in [3.8, 4) is 11.1 Å². The van der Waals surface area contributed by atoms with Crippen molar-refractivity contribution in [3.05, 3.63) is 47.8 Å². The number of amides is 1. The van der Waals surface area contributed by atoms with Gasteiger partial charge in [-0.3, -0.25) is 4.79 Å². The molecule has 26 heavy (non-hydrogen) atoms. The van der Waals surface area contributed by atoms with E-state index in [0.29, 0.717) is 23.3 Å². The summed E-state index contributed by atoms with van der Waals surface area (Å²) in [5.74, 6) is -1.43. The third kappa shape index (κ3) is 3.26. The van der Waals surface area contributed by atoms with Crippen LogP contribution in [0.1, 0.15) is 42.6 Å². The number of hydrogen-bond donors (Lipinski definition) is 2. The topological polar surface area (TPSA) is 48.1 Å². The number of halogens is 2. The molecule has 2 aromatic rings. The Morgan fingerprint density at radius 2 is 1.92 bits per heavy atom. The number of carbonyl (C=O) groups excluding carboxylic acids is 1. The Hall–Kier alpha value is -2.21. The van der Waals surface area contributed by atoms with Gasteiger partial charge in [0.25, 0.3) is 5.91 Å². The Bertz CT molecular complexity index is 805. The van der Waals surface area contributed by atoms with E-state index in [9.17, 15) is 13.6 Å². The van der Waals surface area contributed by atoms with Crippen molar-refractivity contribution < 1.29 is 13.6 Å². The van der Waals surface area contributed by atoms with Crippen LogP contribution in [-0.4, -0.2) is 41.0 Å². The number of piperidine rings is 2. The molecule has 1 amide bonds. The zero-order valence-corrected chi connectivity index (χ0v) is 14.8. The normalized spacial score (nSPS) is 25.9. The van der Waals surface area contributed by atoms with Crippen molar-refractivity contribution in [2.24, 2.45) is 0 Å². The number of nitrogens with one attached hydrogen (secondary N) is 2. The van der Waals surface area contributed by atoms with E-state index in [0.717, 1.165) is 18.9 Å². The molecule has 2 N–H and O–H groups in total. The summed E-state index contributed by atoms with van der Waals surface area (Å²) in [6.45, 7) is 0. The first-order valence-electron chi connectivity index (χ1n) is 9.18. The average Bonchev–Trinajstić information content (AvgIpc) is 3.05. The van der Waals surface area contributed by atoms with Crippen molar-refractivity contribution in [1.82, 2.24) is 15.2 Å². The van der Waals surface area contributed by atoms with E-state index in [1.165, 1.54) is 31.4 Å². The van der Waals surface area contributed by atoms with E-state index in [1.807, 2.05) is 0 Å². The van der Waals surface area contributed by atoms with Gasteiger partial charge in [-0.1, -0.05) is 6.42 Å². The summed E-state index contributed by atoms with van der Waals surface area (Å²) >= 11 is 0. The number of benzene rings is 1. The summed E-state index contributed by atoms with van der Waals surface area (Å²) < 4.78 is 27.0. The van der Waals surface area contributed by atoms with Gasteiger partial charge in [0.05, 0.1) is 0 Å². The Labute approximate surface area is 151 Å². The van der Waals surface area contributed by atoms with Crippen LogP contribution in [-0.2, 0) is 0 Å². The van der Waals surface area contributed by atoms with Gasteiger partial charge in [0, 0.05) is 41.5 Å². The number of rotatable bonds is 3. The summed E-state index contributed by atoms with van der Waals surface area (Å²) in [4.78, 5) is 18.0. The quantitative estimate of drug-likeness (QED) is 0.878. The van der Waals surface area contributed by atoms with Gasteiger partial charge in [0.15, 0.2) is 0 Å². The molecule has 2 saturated heterocycles. The molecular formula is C20H23F2N3O. The number of aromatic nitrogens is 1. The van der Waals surface area contributed by atoms with Crippen LogP contribution in [0.2, 0.25) is 0 Å². The zero-order valence-electron chi connectivity index (χ0n) is 14.8. The molecule has 0 saturated carbocycles. The summed E-state index contributed by atoms with van der Waals surface area (Å²) in [7, 11) is 2.18. The third-order valence-corrected chi connectivity index (χ3v) is 5.84. The smallest absolute Gasteiger partial charge is 0.267 e. The lowest BCUT2D eigenvalue weighted by Gasteiger charge is -2.47. The lowest BCUT2D eigenvalue weighted by atomic mass is 9.82. The first-order valence-corrected chi connectivity index (χ1v) is 9.18. The zero-order chi connectivity index (χ0) is 18.3. The van der Waals surface area contributed by atoms with Gasteiger partial charge in [0.2, 0.25) is 0 Å². The molecule has 1 aromatic heterocycles. The molecule has 1 aromatic carbocycles. The van der Waals surface area contributed by atoms with Crippen LogP contribution >= 0.6 is 0 Å². The van der Waals surface area contributed by atoms with Gasteiger partial charge in [-0.05, 0) is 50.9 Å². The minimum atomic E-state index is -0.640. The van der Waals surface area contributed by atoms with Gasteiger partial charge in [-0.2, -0.15) is 0 Å². The van der Waals surface area contributed by atoms with Crippen LogP contribution < -0.4 is 5.32 Å². The maximum absolute atomic E-state index is 13.9. The van der Waals surface area contributed by atoms with E-state index in [4.69, 9.17) is 0 Å². The molecule has 4 nitrogen and oxygen atoms in total. The molecule has 2 fully saturated rings. The van der Waals surface area contributed by atoms with E-state index in [1.54, 1.807) is 12.3 Å². The van der Waals surface area contributed by atoms with Gasteiger partial charge in [0.1, 0.15) is 17.3 Å². The average molecular weight is 359 g/mol. The summed E-state index contributed by atoms with van der Waals surface area (Å²) in [6, 6.07) is 6.31. The predicted molar refractivity (Wildman–Crippen MR) is 95.8 cm³/mol. The minimum Gasteiger partial charge on any atom is -0.357 e. The van der Waals surface area contributed by atoms with Crippen LogP contribution in [0.3, 0.4) is 0 Å². The van der Waals surface area contributed by atoms with Crippen LogP contribution in [0.5, 0.6) is 0 Å². The lowest BCUT2D eigenvalue weighted by Crippen LogP contribution is -2.55. The minimum absolute atomic E-state index is 0.170. The predicted octanol–water partition coefficient (Wildman–Crippen LogP) is 3.71. The second-order valence-electron chi connectivity index (χ2n) is 7.47. The molecule has 0 aliphatic carbocycles. The van der Waals surface area contributed by atoms with Crippen molar-refractivity contribution in [2.75, 3.05) is 7.05 Å². The van der Waals surface area contributed by atoms with Crippen LogP contribution in [0.25, 0.3) is 11.1 Å².